The number of rotatable bonds is 3. The second-order valence-electron chi connectivity index (χ2n) is 4.38. The Bertz CT molecular complexity index is 425. The molecule has 1 aliphatic heterocycles. The maximum atomic E-state index is 11.6. The number of hydrazine groups is 1. The smallest absolute Gasteiger partial charge is 0.263 e. The lowest BCUT2D eigenvalue weighted by atomic mass is 10.4. The number of amides is 1. The highest BCUT2D eigenvalue weighted by atomic mass is 32.1. The van der Waals surface area contributed by atoms with E-state index in [-0.39, 0.29) is 5.91 Å². The van der Waals surface area contributed by atoms with Gasteiger partial charge in [-0.3, -0.25) is 4.79 Å². The van der Waals surface area contributed by atoms with Gasteiger partial charge in [-0.15, -0.1) is 11.3 Å². The number of carbonyl (C=O) groups is 1. The molecule has 0 aromatic carbocycles. The minimum absolute atomic E-state index is 0.135. The fourth-order valence-electron chi connectivity index (χ4n) is 1.83. The Morgan fingerprint density at radius 1 is 1.39 bits per heavy atom. The van der Waals surface area contributed by atoms with Crippen LogP contribution < -0.4 is 16.5 Å². The molecular formula is C11H19N5OS. The SMILES string of the molecule is CNC(=O)c1sc(NN2CCN(C)CC2)cc1N. The Kier molecular flexibility index (Phi) is 4.05. The lowest BCUT2D eigenvalue weighted by molar-refractivity contribution is 0.0968. The van der Waals surface area contributed by atoms with Crippen LogP contribution in [0.4, 0.5) is 10.7 Å². The predicted octanol–water partition coefficient (Wildman–Crippen LogP) is 0.264. The molecule has 0 bridgehead atoms. The van der Waals surface area contributed by atoms with Crippen molar-refractivity contribution in [3.63, 3.8) is 0 Å². The van der Waals surface area contributed by atoms with Crippen molar-refractivity contribution >= 4 is 27.9 Å². The zero-order valence-electron chi connectivity index (χ0n) is 10.7. The van der Waals surface area contributed by atoms with E-state index in [1.807, 2.05) is 6.07 Å². The topological polar surface area (TPSA) is 73.6 Å². The first-order valence-electron chi connectivity index (χ1n) is 5.91. The fraction of sp³-hybridized carbons (Fsp3) is 0.545. The molecule has 0 atom stereocenters. The molecule has 6 nitrogen and oxygen atoms in total. The normalized spacial score (nSPS) is 17.7. The van der Waals surface area contributed by atoms with Crippen molar-refractivity contribution in [3.05, 3.63) is 10.9 Å². The summed E-state index contributed by atoms with van der Waals surface area (Å²) in [7, 11) is 3.72. The standard InChI is InChI=1S/C11H19N5OS/c1-13-11(17)10-8(12)7-9(18-10)14-16-5-3-15(2)4-6-16/h7,14H,3-6,12H2,1-2H3,(H,13,17). The molecule has 4 N–H and O–H groups in total. The van der Waals surface area contributed by atoms with Crippen LogP contribution in [0.25, 0.3) is 0 Å². The summed E-state index contributed by atoms with van der Waals surface area (Å²) in [5, 5.41) is 5.65. The van der Waals surface area contributed by atoms with E-state index in [0.29, 0.717) is 10.6 Å². The molecular weight excluding hydrogens is 250 g/mol. The minimum atomic E-state index is -0.135. The molecule has 1 amide bonds. The molecule has 1 aromatic heterocycles. The molecule has 2 heterocycles. The number of nitrogen functional groups attached to an aromatic ring is 1. The van der Waals surface area contributed by atoms with Crippen LogP contribution in [-0.2, 0) is 0 Å². The zero-order valence-corrected chi connectivity index (χ0v) is 11.5. The second kappa shape index (κ2) is 5.55. The van der Waals surface area contributed by atoms with Crippen LogP contribution in [0, 0.1) is 0 Å². The highest BCUT2D eigenvalue weighted by molar-refractivity contribution is 7.18. The van der Waals surface area contributed by atoms with Gasteiger partial charge in [0, 0.05) is 33.2 Å². The zero-order chi connectivity index (χ0) is 13.1. The molecule has 18 heavy (non-hydrogen) atoms. The van der Waals surface area contributed by atoms with Crippen molar-refractivity contribution < 1.29 is 4.79 Å². The van der Waals surface area contributed by atoms with Crippen LogP contribution in [0.2, 0.25) is 0 Å². The van der Waals surface area contributed by atoms with Crippen LogP contribution in [0.3, 0.4) is 0 Å². The molecule has 0 unspecified atom stereocenters. The van der Waals surface area contributed by atoms with E-state index in [2.05, 4.69) is 27.7 Å². The highest BCUT2D eigenvalue weighted by Gasteiger charge is 2.17. The summed E-state index contributed by atoms with van der Waals surface area (Å²) in [6.45, 7) is 4.00. The molecule has 0 saturated carbocycles. The van der Waals surface area contributed by atoms with Gasteiger partial charge in [-0.25, -0.2) is 5.01 Å². The summed E-state index contributed by atoms with van der Waals surface area (Å²) >= 11 is 1.38. The van der Waals surface area contributed by atoms with E-state index in [9.17, 15) is 4.79 Å². The second-order valence-corrected chi connectivity index (χ2v) is 5.43. The first-order chi connectivity index (χ1) is 8.60. The van der Waals surface area contributed by atoms with Crippen molar-refractivity contribution in [2.24, 2.45) is 0 Å². The Morgan fingerprint density at radius 2 is 2.06 bits per heavy atom. The molecule has 1 aliphatic rings. The van der Waals surface area contributed by atoms with Crippen LogP contribution >= 0.6 is 11.3 Å². The number of nitrogens with one attached hydrogen (secondary N) is 2. The molecule has 0 radical (unpaired) electrons. The summed E-state index contributed by atoms with van der Waals surface area (Å²) in [6.07, 6.45) is 0. The molecule has 0 spiro atoms. The van der Waals surface area contributed by atoms with Crippen LogP contribution in [-0.4, -0.2) is 56.1 Å². The van der Waals surface area contributed by atoms with E-state index in [4.69, 9.17) is 5.73 Å². The van der Waals surface area contributed by atoms with Crippen molar-refractivity contribution in [2.75, 3.05) is 51.4 Å². The molecule has 7 heteroatoms. The van der Waals surface area contributed by atoms with E-state index in [1.165, 1.54) is 11.3 Å². The van der Waals surface area contributed by atoms with E-state index >= 15 is 0 Å². The average Bonchev–Trinajstić information content (AvgIpc) is 2.72. The van der Waals surface area contributed by atoms with Crippen molar-refractivity contribution in [1.82, 2.24) is 15.2 Å². The summed E-state index contributed by atoms with van der Waals surface area (Å²) in [5.41, 5.74) is 9.66. The Labute approximate surface area is 111 Å². The van der Waals surface area contributed by atoms with Crippen LogP contribution in [0.15, 0.2) is 6.07 Å². The van der Waals surface area contributed by atoms with Crippen molar-refractivity contribution in [3.8, 4) is 0 Å². The molecule has 1 aromatic rings. The van der Waals surface area contributed by atoms with Crippen LogP contribution in [0.1, 0.15) is 9.67 Å². The quantitative estimate of drug-likeness (QED) is 0.734. The summed E-state index contributed by atoms with van der Waals surface area (Å²) in [6, 6.07) is 1.81. The lowest BCUT2D eigenvalue weighted by Gasteiger charge is -2.32. The van der Waals surface area contributed by atoms with Gasteiger partial charge in [-0.05, 0) is 13.1 Å². The van der Waals surface area contributed by atoms with Gasteiger partial charge in [-0.1, -0.05) is 0 Å². The number of carbonyl (C=O) groups excluding carboxylic acids is 1. The average molecular weight is 269 g/mol. The van der Waals surface area contributed by atoms with E-state index < -0.39 is 0 Å². The third-order valence-electron chi connectivity index (χ3n) is 2.97. The number of hydrogen-bond donors (Lipinski definition) is 3. The third kappa shape index (κ3) is 2.92. The predicted molar refractivity (Wildman–Crippen MR) is 74.8 cm³/mol. The van der Waals surface area contributed by atoms with Crippen LogP contribution in [0.5, 0.6) is 0 Å². The summed E-state index contributed by atoms with van der Waals surface area (Å²) in [5.74, 6) is -0.135. The Morgan fingerprint density at radius 3 is 2.67 bits per heavy atom. The number of anilines is 2. The van der Waals surface area contributed by atoms with Gasteiger partial charge in [0.2, 0.25) is 0 Å². The van der Waals surface area contributed by atoms with Crippen molar-refractivity contribution in [2.45, 2.75) is 0 Å². The van der Waals surface area contributed by atoms with E-state index in [0.717, 1.165) is 31.2 Å². The third-order valence-corrected chi connectivity index (χ3v) is 4.02. The van der Waals surface area contributed by atoms with Gasteiger partial charge >= 0.3 is 0 Å². The number of piperazine rings is 1. The van der Waals surface area contributed by atoms with Gasteiger partial charge in [0.1, 0.15) is 9.88 Å². The monoisotopic (exact) mass is 269 g/mol. The number of likely N-dealkylation sites (N-methyl/N-ethyl adjacent to an activating group) is 1. The van der Waals surface area contributed by atoms with Gasteiger partial charge in [-0.2, -0.15) is 0 Å². The van der Waals surface area contributed by atoms with Crippen molar-refractivity contribution in [1.29, 1.82) is 0 Å². The highest BCUT2D eigenvalue weighted by Crippen LogP contribution is 2.29. The van der Waals surface area contributed by atoms with Gasteiger partial charge in [0.15, 0.2) is 0 Å². The molecule has 0 aliphatic carbocycles. The largest absolute Gasteiger partial charge is 0.397 e. The molecule has 2 rings (SSSR count). The summed E-state index contributed by atoms with van der Waals surface area (Å²) < 4.78 is 0. The summed E-state index contributed by atoms with van der Waals surface area (Å²) in [4.78, 5) is 14.4. The van der Waals surface area contributed by atoms with Gasteiger partial charge in [0.05, 0.1) is 5.69 Å². The van der Waals surface area contributed by atoms with Gasteiger partial charge < -0.3 is 21.4 Å². The minimum Gasteiger partial charge on any atom is -0.397 e. The fourth-order valence-corrected chi connectivity index (χ4v) is 2.78. The number of hydrogen-bond acceptors (Lipinski definition) is 6. The van der Waals surface area contributed by atoms with E-state index in [1.54, 1.807) is 7.05 Å². The molecule has 100 valence electrons. The molecule has 1 fully saturated rings. The Balaban J connectivity index is 2.00. The lowest BCUT2D eigenvalue weighted by Crippen LogP contribution is -2.46. The first-order valence-corrected chi connectivity index (χ1v) is 6.73. The van der Waals surface area contributed by atoms with Gasteiger partial charge in [0.25, 0.3) is 5.91 Å². The maximum absolute atomic E-state index is 11.6. The number of nitrogens with zero attached hydrogens (tertiary/aromatic N) is 2. The Hall–Kier alpha value is -1.31. The number of thiophene rings is 1. The molecule has 1 saturated heterocycles. The number of nitrogens with two attached hydrogens (primary N) is 1. The maximum Gasteiger partial charge on any atom is 0.263 e. The first kappa shape index (κ1) is 13.1.